The van der Waals surface area contributed by atoms with Crippen molar-refractivity contribution in [2.45, 2.75) is 26.4 Å². The molecule has 0 unspecified atom stereocenters. The van der Waals surface area contributed by atoms with Crippen molar-refractivity contribution in [1.82, 2.24) is 5.32 Å². The Balaban J connectivity index is 1.98. The molecule has 3 heteroatoms. The van der Waals surface area contributed by atoms with Crippen LogP contribution >= 0.6 is 0 Å². The Morgan fingerprint density at radius 2 is 1.80 bits per heavy atom. The van der Waals surface area contributed by atoms with Crippen LogP contribution in [0.2, 0.25) is 0 Å². The molecule has 0 saturated carbocycles. The summed E-state index contributed by atoms with van der Waals surface area (Å²) < 4.78 is 0. The van der Waals surface area contributed by atoms with E-state index in [9.17, 15) is 4.79 Å². The summed E-state index contributed by atoms with van der Waals surface area (Å²) in [5, 5.41) is 12.3. The van der Waals surface area contributed by atoms with E-state index in [0.717, 1.165) is 12.1 Å². The normalized spacial score (nSPS) is 12.1. The lowest BCUT2D eigenvalue weighted by atomic mass is 10.0. The smallest absolute Gasteiger partial charge is 0.335 e. The Morgan fingerprint density at radius 3 is 2.40 bits per heavy atom. The summed E-state index contributed by atoms with van der Waals surface area (Å²) in [6, 6.07) is 15.5. The molecule has 0 radical (unpaired) electrons. The third-order valence-electron chi connectivity index (χ3n) is 3.47. The average Bonchev–Trinajstić information content (AvgIpc) is 2.45. The van der Waals surface area contributed by atoms with E-state index in [1.165, 1.54) is 11.1 Å². The number of hydrogen-bond donors (Lipinski definition) is 2. The fourth-order valence-electron chi connectivity index (χ4n) is 2.22. The molecule has 3 nitrogen and oxygen atoms in total. The molecule has 1 atom stereocenters. The van der Waals surface area contributed by atoms with Crippen LogP contribution in [0.5, 0.6) is 0 Å². The van der Waals surface area contributed by atoms with Crippen LogP contribution in [0.3, 0.4) is 0 Å². The quantitative estimate of drug-likeness (QED) is 0.872. The lowest BCUT2D eigenvalue weighted by molar-refractivity contribution is 0.0697. The molecule has 0 aliphatic carbocycles. The molecule has 104 valence electrons. The Kier molecular flexibility index (Phi) is 4.53. The Bertz CT molecular complexity index is 590. The van der Waals surface area contributed by atoms with Crippen molar-refractivity contribution in [2.75, 3.05) is 0 Å². The molecule has 0 amide bonds. The fourth-order valence-corrected chi connectivity index (χ4v) is 2.22. The van der Waals surface area contributed by atoms with E-state index < -0.39 is 5.97 Å². The zero-order valence-corrected chi connectivity index (χ0v) is 11.8. The van der Waals surface area contributed by atoms with Gasteiger partial charge in [0, 0.05) is 12.6 Å². The second-order valence-corrected chi connectivity index (χ2v) is 4.96. The summed E-state index contributed by atoms with van der Waals surface area (Å²) in [4.78, 5) is 10.8. The summed E-state index contributed by atoms with van der Waals surface area (Å²) in [6.45, 7) is 4.96. The van der Waals surface area contributed by atoms with Crippen molar-refractivity contribution < 1.29 is 9.90 Å². The van der Waals surface area contributed by atoms with Crippen molar-refractivity contribution in [3.63, 3.8) is 0 Å². The Labute approximate surface area is 119 Å². The number of aryl methyl sites for hydroxylation is 1. The fraction of sp³-hybridized carbons (Fsp3) is 0.235. The summed E-state index contributed by atoms with van der Waals surface area (Å²) in [5.74, 6) is -0.891. The van der Waals surface area contributed by atoms with Crippen molar-refractivity contribution in [3.8, 4) is 0 Å². The topological polar surface area (TPSA) is 49.3 Å². The first-order chi connectivity index (χ1) is 9.58. The number of rotatable bonds is 5. The van der Waals surface area contributed by atoms with E-state index >= 15 is 0 Å². The summed E-state index contributed by atoms with van der Waals surface area (Å²) in [6.07, 6.45) is 0. The predicted octanol–water partition coefficient (Wildman–Crippen LogP) is 3.54. The highest BCUT2D eigenvalue weighted by Gasteiger charge is 2.07. The van der Waals surface area contributed by atoms with Crippen molar-refractivity contribution in [3.05, 3.63) is 70.8 Å². The van der Waals surface area contributed by atoms with Gasteiger partial charge in [0.1, 0.15) is 0 Å². The molecular formula is C17H19NO2. The van der Waals surface area contributed by atoms with Crippen molar-refractivity contribution >= 4 is 5.97 Å². The monoisotopic (exact) mass is 269 g/mol. The second-order valence-electron chi connectivity index (χ2n) is 4.96. The highest BCUT2D eigenvalue weighted by atomic mass is 16.4. The number of carboxylic acid groups (broad SMARTS) is 1. The molecule has 2 N–H and O–H groups in total. The highest BCUT2D eigenvalue weighted by Crippen LogP contribution is 2.17. The SMILES string of the molecule is Cc1ccccc1[C@H](C)NCc1ccc(C(=O)O)cc1. The molecule has 0 aromatic heterocycles. The largest absolute Gasteiger partial charge is 0.478 e. The lowest BCUT2D eigenvalue weighted by Crippen LogP contribution is -2.18. The summed E-state index contributed by atoms with van der Waals surface area (Å²) in [7, 11) is 0. The van der Waals surface area contributed by atoms with Crippen LogP contribution in [-0.4, -0.2) is 11.1 Å². The molecular weight excluding hydrogens is 250 g/mol. The summed E-state index contributed by atoms with van der Waals surface area (Å²) >= 11 is 0. The Morgan fingerprint density at radius 1 is 1.15 bits per heavy atom. The predicted molar refractivity (Wildman–Crippen MR) is 79.8 cm³/mol. The van der Waals surface area contributed by atoms with Crippen LogP contribution in [0.25, 0.3) is 0 Å². The molecule has 2 aromatic rings. The molecule has 0 bridgehead atoms. The van der Waals surface area contributed by atoms with E-state index in [1.807, 2.05) is 24.3 Å². The van der Waals surface area contributed by atoms with E-state index in [0.29, 0.717) is 5.56 Å². The standard InChI is InChI=1S/C17H19NO2/c1-12-5-3-4-6-16(12)13(2)18-11-14-7-9-15(10-8-14)17(19)20/h3-10,13,18H,11H2,1-2H3,(H,19,20)/t13-/m0/s1. The molecule has 0 aliphatic heterocycles. The maximum absolute atomic E-state index is 10.8. The van der Waals surface area contributed by atoms with Crippen LogP contribution in [0.1, 0.15) is 40.0 Å². The van der Waals surface area contributed by atoms with Crippen LogP contribution < -0.4 is 5.32 Å². The zero-order valence-electron chi connectivity index (χ0n) is 11.8. The van der Waals surface area contributed by atoms with Crippen LogP contribution in [0.15, 0.2) is 48.5 Å². The summed E-state index contributed by atoms with van der Waals surface area (Å²) in [5.41, 5.74) is 3.96. The first kappa shape index (κ1) is 14.3. The number of aromatic carboxylic acids is 1. The van der Waals surface area contributed by atoms with Crippen molar-refractivity contribution in [1.29, 1.82) is 0 Å². The molecule has 0 saturated heterocycles. The van der Waals surface area contributed by atoms with Crippen LogP contribution in [0, 0.1) is 6.92 Å². The minimum atomic E-state index is -0.891. The van der Waals surface area contributed by atoms with E-state index in [-0.39, 0.29) is 6.04 Å². The molecule has 0 fully saturated rings. The van der Waals surface area contributed by atoms with Gasteiger partial charge in [-0.2, -0.15) is 0 Å². The number of benzene rings is 2. The van der Waals surface area contributed by atoms with Gasteiger partial charge in [0.15, 0.2) is 0 Å². The molecule has 20 heavy (non-hydrogen) atoms. The van der Waals surface area contributed by atoms with Gasteiger partial charge < -0.3 is 10.4 Å². The molecule has 0 spiro atoms. The van der Waals surface area contributed by atoms with Gasteiger partial charge in [-0.15, -0.1) is 0 Å². The Hall–Kier alpha value is -2.13. The minimum absolute atomic E-state index is 0.260. The van der Waals surface area contributed by atoms with Gasteiger partial charge in [-0.25, -0.2) is 4.79 Å². The van der Waals surface area contributed by atoms with Gasteiger partial charge >= 0.3 is 5.97 Å². The molecule has 0 heterocycles. The van der Waals surface area contributed by atoms with E-state index in [1.54, 1.807) is 12.1 Å². The molecule has 2 aromatic carbocycles. The highest BCUT2D eigenvalue weighted by molar-refractivity contribution is 5.87. The third-order valence-corrected chi connectivity index (χ3v) is 3.47. The third kappa shape index (κ3) is 3.45. The van der Waals surface area contributed by atoms with Gasteiger partial charge in [0.05, 0.1) is 5.56 Å². The maximum atomic E-state index is 10.8. The zero-order chi connectivity index (χ0) is 14.5. The number of carbonyl (C=O) groups is 1. The van der Waals surface area contributed by atoms with Crippen LogP contribution in [-0.2, 0) is 6.54 Å². The van der Waals surface area contributed by atoms with Gasteiger partial charge in [-0.1, -0.05) is 36.4 Å². The molecule has 2 rings (SSSR count). The average molecular weight is 269 g/mol. The first-order valence-corrected chi connectivity index (χ1v) is 6.69. The van der Waals surface area contributed by atoms with Gasteiger partial charge in [0.2, 0.25) is 0 Å². The maximum Gasteiger partial charge on any atom is 0.335 e. The number of hydrogen-bond acceptors (Lipinski definition) is 2. The lowest BCUT2D eigenvalue weighted by Gasteiger charge is -2.16. The number of carboxylic acids is 1. The van der Waals surface area contributed by atoms with E-state index in [4.69, 9.17) is 5.11 Å². The van der Waals surface area contributed by atoms with E-state index in [2.05, 4.69) is 31.3 Å². The van der Waals surface area contributed by atoms with Gasteiger partial charge in [-0.3, -0.25) is 0 Å². The van der Waals surface area contributed by atoms with Gasteiger partial charge in [0.25, 0.3) is 0 Å². The molecule has 0 aliphatic rings. The first-order valence-electron chi connectivity index (χ1n) is 6.69. The van der Waals surface area contributed by atoms with Gasteiger partial charge in [-0.05, 0) is 42.7 Å². The van der Waals surface area contributed by atoms with Crippen LogP contribution in [0.4, 0.5) is 0 Å². The van der Waals surface area contributed by atoms with Crippen molar-refractivity contribution in [2.24, 2.45) is 0 Å². The minimum Gasteiger partial charge on any atom is -0.478 e. The number of nitrogens with one attached hydrogen (secondary N) is 1. The second kappa shape index (κ2) is 6.35.